The molecule has 142 valence electrons. The molecule has 0 saturated carbocycles. The number of benzene rings is 1. The van der Waals surface area contributed by atoms with Gasteiger partial charge in [-0.25, -0.2) is 32.1 Å². The molecule has 0 spiro atoms. The summed E-state index contributed by atoms with van der Waals surface area (Å²) in [6.45, 7) is -0.252. The predicted octanol–water partition coefficient (Wildman–Crippen LogP) is 1.11. The van der Waals surface area contributed by atoms with Gasteiger partial charge in [-0.2, -0.15) is 0 Å². The van der Waals surface area contributed by atoms with Gasteiger partial charge in [-0.3, -0.25) is 0 Å². The van der Waals surface area contributed by atoms with Gasteiger partial charge >= 0.3 is 0 Å². The Morgan fingerprint density at radius 3 is 2.89 bits per heavy atom. The fraction of sp³-hybridized carbons (Fsp3) is 0.143. The van der Waals surface area contributed by atoms with Gasteiger partial charge in [-0.1, -0.05) is 16.8 Å². The first-order chi connectivity index (χ1) is 12.8. The van der Waals surface area contributed by atoms with Crippen molar-refractivity contribution >= 4 is 33.1 Å². The van der Waals surface area contributed by atoms with Crippen molar-refractivity contribution in [1.82, 2.24) is 24.6 Å². The largest absolute Gasteiger partial charge is 0.382 e. The Hall–Kier alpha value is -2.83. The summed E-state index contributed by atoms with van der Waals surface area (Å²) >= 11 is 5.70. The number of nitrogens with one attached hydrogen (secondary N) is 1. The lowest BCUT2D eigenvalue weighted by Crippen LogP contribution is -2.25. The summed E-state index contributed by atoms with van der Waals surface area (Å²) in [5.74, 6) is -0.701. The minimum absolute atomic E-state index is 0.0409. The Morgan fingerprint density at radius 1 is 1.44 bits per heavy atom. The monoisotopic (exact) mass is 413 g/mol. The van der Waals surface area contributed by atoms with E-state index in [1.54, 1.807) is 7.05 Å². The average Bonchev–Trinajstić information content (AvgIpc) is 3.25. The molecule has 1 aromatic carbocycles. The van der Waals surface area contributed by atoms with Gasteiger partial charge in [0.15, 0.2) is 16.6 Å². The summed E-state index contributed by atoms with van der Waals surface area (Å²) in [5.41, 5.74) is 6.31. The highest BCUT2D eigenvalue weighted by Crippen LogP contribution is 2.22. The number of amidine groups is 1. The second-order valence-electron chi connectivity index (χ2n) is 5.36. The van der Waals surface area contributed by atoms with Crippen LogP contribution in [0.4, 0.5) is 10.1 Å². The van der Waals surface area contributed by atoms with Crippen molar-refractivity contribution < 1.29 is 17.4 Å². The molecule has 0 atom stereocenters. The van der Waals surface area contributed by atoms with Gasteiger partial charge in [0, 0.05) is 13.2 Å². The molecular formula is C14H13ClFN7O3S. The maximum atomic E-state index is 13.2. The highest BCUT2D eigenvalue weighted by molar-refractivity contribution is 7.89. The highest BCUT2D eigenvalue weighted by atomic mass is 35.5. The molecule has 27 heavy (non-hydrogen) atoms. The summed E-state index contributed by atoms with van der Waals surface area (Å²) in [7, 11) is -2.22. The summed E-state index contributed by atoms with van der Waals surface area (Å²) < 4.78 is 46.1. The van der Waals surface area contributed by atoms with Crippen molar-refractivity contribution in [2.45, 2.75) is 11.6 Å². The fourth-order valence-electron chi connectivity index (χ4n) is 2.03. The topological polar surface area (TPSA) is 141 Å². The molecule has 0 aliphatic carbocycles. The Morgan fingerprint density at radius 2 is 2.22 bits per heavy atom. The summed E-state index contributed by atoms with van der Waals surface area (Å²) in [6.07, 6.45) is 2.70. The van der Waals surface area contributed by atoms with Gasteiger partial charge in [0.2, 0.25) is 0 Å². The third-order valence-electron chi connectivity index (χ3n) is 3.34. The van der Waals surface area contributed by atoms with Gasteiger partial charge in [0.05, 0.1) is 23.6 Å². The lowest BCUT2D eigenvalue weighted by atomic mass is 10.3. The lowest BCUT2D eigenvalue weighted by Gasteiger charge is -2.03. The first-order valence-corrected chi connectivity index (χ1v) is 9.21. The Kier molecular flexibility index (Phi) is 5.21. The molecule has 2 heterocycles. The number of hydrogen-bond acceptors (Lipinski definition) is 7. The molecular weight excluding hydrogens is 401 g/mol. The number of aliphatic imine (C=N–C) groups is 1. The van der Waals surface area contributed by atoms with Crippen molar-refractivity contribution in [2.24, 2.45) is 17.8 Å². The number of imidazole rings is 1. The van der Waals surface area contributed by atoms with Crippen LogP contribution in [0.5, 0.6) is 0 Å². The van der Waals surface area contributed by atoms with E-state index in [-0.39, 0.29) is 39.5 Å². The molecule has 0 bridgehead atoms. The number of sulfonamides is 1. The number of hydrogen-bond donors (Lipinski definition) is 2. The smallest absolute Gasteiger partial charge is 0.259 e. The van der Waals surface area contributed by atoms with Gasteiger partial charge in [0.25, 0.3) is 10.0 Å². The van der Waals surface area contributed by atoms with Crippen LogP contribution in [0.1, 0.15) is 11.4 Å². The number of aryl methyl sites for hydroxylation is 1. The van der Waals surface area contributed by atoms with Gasteiger partial charge in [0.1, 0.15) is 11.5 Å². The molecule has 0 fully saturated rings. The first-order valence-electron chi connectivity index (χ1n) is 7.35. The van der Waals surface area contributed by atoms with Crippen LogP contribution in [0.3, 0.4) is 0 Å². The van der Waals surface area contributed by atoms with Gasteiger partial charge < -0.3 is 10.3 Å². The van der Waals surface area contributed by atoms with Crippen molar-refractivity contribution in [3.63, 3.8) is 0 Å². The van der Waals surface area contributed by atoms with Crippen LogP contribution in [-0.2, 0) is 23.6 Å². The highest BCUT2D eigenvalue weighted by Gasteiger charge is 2.20. The zero-order chi connectivity index (χ0) is 19.6. The van der Waals surface area contributed by atoms with Crippen LogP contribution in [0, 0.1) is 5.82 Å². The van der Waals surface area contributed by atoms with E-state index in [1.807, 2.05) is 0 Å². The van der Waals surface area contributed by atoms with E-state index in [0.29, 0.717) is 0 Å². The molecule has 0 radical (unpaired) electrons. The van der Waals surface area contributed by atoms with Crippen LogP contribution < -0.4 is 10.5 Å². The Labute approximate surface area is 157 Å². The molecule has 0 aliphatic heterocycles. The average molecular weight is 414 g/mol. The second kappa shape index (κ2) is 7.42. The lowest BCUT2D eigenvalue weighted by molar-refractivity contribution is 0.302. The molecule has 0 amide bonds. The van der Waals surface area contributed by atoms with Gasteiger partial charge in [-0.15, -0.1) is 0 Å². The number of aromatic nitrogens is 4. The number of nitrogens with two attached hydrogens (primary N) is 1. The van der Waals surface area contributed by atoms with E-state index in [0.717, 1.165) is 6.07 Å². The van der Waals surface area contributed by atoms with E-state index in [4.69, 9.17) is 17.3 Å². The zero-order valence-corrected chi connectivity index (χ0v) is 15.4. The first kappa shape index (κ1) is 18.9. The third-order valence-corrected chi connectivity index (χ3v) is 4.91. The standard InChI is InChI=1S/C14H13ClFN7O3S/c1-23-6-12(18-7-23)27(24,25)19-5-11-13(22-26-21-11)14(17)20-8-2-3-10(16)9(15)4-8/h2-4,6-7,19H,5H2,1H3,(H2,17,20). The molecule has 0 aliphatic rings. The van der Waals surface area contributed by atoms with Crippen LogP contribution in [-0.4, -0.2) is 34.1 Å². The summed E-state index contributed by atoms with van der Waals surface area (Å²) in [6, 6.07) is 3.78. The van der Waals surface area contributed by atoms with Crippen molar-refractivity contribution in [3.8, 4) is 0 Å². The van der Waals surface area contributed by atoms with Crippen LogP contribution in [0.25, 0.3) is 0 Å². The molecule has 13 heteroatoms. The molecule has 3 aromatic rings. The summed E-state index contributed by atoms with van der Waals surface area (Å²) in [4.78, 5) is 7.84. The van der Waals surface area contributed by atoms with Crippen LogP contribution in [0.2, 0.25) is 5.02 Å². The molecule has 2 aromatic heterocycles. The zero-order valence-electron chi connectivity index (χ0n) is 13.8. The Balaban J connectivity index is 1.79. The van der Waals surface area contributed by atoms with E-state index in [1.165, 1.54) is 29.2 Å². The minimum atomic E-state index is -3.86. The van der Waals surface area contributed by atoms with Crippen molar-refractivity contribution in [2.75, 3.05) is 0 Å². The number of rotatable bonds is 6. The second-order valence-corrected chi connectivity index (χ2v) is 7.48. The van der Waals surface area contributed by atoms with E-state index >= 15 is 0 Å². The van der Waals surface area contributed by atoms with Gasteiger partial charge in [-0.05, 0) is 23.4 Å². The quantitative estimate of drug-likeness (QED) is 0.455. The minimum Gasteiger partial charge on any atom is -0.382 e. The van der Waals surface area contributed by atoms with Crippen LogP contribution >= 0.6 is 11.6 Å². The normalized spacial score (nSPS) is 12.5. The fourth-order valence-corrected chi connectivity index (χ4v) is 3.17. The number of halogens is 2. The van der Waals surface area contributed by atoms with Crippen molar-refractivity contribution in [3.05, 3.63) is 53.0 Å². The molecule has 3 N–H and O–H groups in total. The van der Waals surface area contributed by atoms with E-state index in [2.05, 4.69) is 29.6 Å². The summed E-state index contributed by atoms with van der Waals surface area (Å²) in [5, 5.41) is 6.99. The SMILES string of the molecule is Cn1cnc(S(=O)(=O)NCc2nonc2C(N)=Nc2ccc(F)c(Cl)c2)c1. The third kappa shape index (κ3) is 4.30. The molecule has 0 unspecified atom stereocenters. The predicted molar refractivity (Wildman–Crippen MR) is 93.3 cm³/mol. The molecule has 0 saturated heterocycles. The maximum Gasteiger partial charge on any atom is 0.259 e. The maximum absolute atomic E-state index is 13.2. The van der Waals surface area contributed by atoms with Crippen molar-refractivity contribution in [1.29, 1.82) is 0 Å². The van der Waals surface area contributed by atoms with E-state index in [9.17, 15) is 12.8 Å². The van der Waals surface area contributed by atoms with E-state index < -0.39 is 15.8 Å². The Bertz CT molecular complexity index is 1110. The molecule has 3 rings (SSSR count). The molecule has 10 nitrogen and oxygen atoms in total. The number of nitrogens with zero attached hydrogens (tertiary/aromatic N) is 5. The van der Waals surface area contributed by atoms with Crippen LogP contribution in [0.15, 0.2) is 45.4 Å².